The molecule has 0 atom stereocenters. The second-order valence-corrected chi connectivity index (χ2v) is 31.0. The van der Waals surface area contributed by atoms with Crippen LogP contribution in [0.2, 0.25) is 15.1 Å². The van der Waals surface area contributed by atoms with Crippen molar-refractivity contribution in [3.8, 4) is 17.1 Å². The van der Waals surface area contributed by atoms with E-state index in [1.54, 1.807) is 121 Å². The summed E-state index contributed by atoms with van der Waals surface area (Å²) in [5.74, 6) is -8.49. The number of aryl methyl sites for hydroxylation is 3. The summed E-state index contributed by atoms with van der Waals surface area (Å²) in [4.78, 5) is 71.5. The minimum absolute atomic E-state index is 0. The van der Waals surface area contributed by atoms with Crippen molar-refractivity contribution < 1.29 is 104 Å². The Labute approximate surface area is 691 Å². The van der Waals surface area contributed by atoms with Crippen LogP contribution in [-0.4, -0.2) is 97.1 Å². The summed E-state index contributed by atoms with van der Waals surface area (Å²) in [6.07, 6.45) is 17.3. The van der Waals surface area contributed by atoms with Crippen LogP contribution in [0.3, 0.4) is 0 Å². The molecule has 3 fully saturated rings. The summed E-state index contributed by atoms with van der Waals surface area (Å²) in [6, 6.07) is 22.7. The molecule has 3 aliphatic rings. The number of carboxylic acids is 2. The molecule has 582 valence electrons. The maximum Gasteiger partial charge on any atom is 1.00 e. The SMILES string of the molecule is CCOC(=O)c1cccc(Sc2c(C3CC3)n(-c3cnn(CCCC(=O)O)c3)c3c(F)c(Cl)ccc23)c1F.CCOC(=O)c1cccc(Sc2c(C3CC3)n(-c3cnn(CCCC(N)=O)c3)c3c(F)c(Cl)ccc23)c1F.NC(=O)CCCn1cc(-n2c(C3CC3)c(Sc3cccc(C(=O)[O-])c3F)c3ccc(Cl)c(F)c32)cn1.[Na+]. The number of nitrogens with zero attached hydrogens (tertiary/aromatic N) is 9. The van der Waals surface area contributed by atoms with Crippen LogP contribution in [0, 0.1) is 34.9 Å². The Morgan fingerprint density at radius 1 is 0.469 bits per heavy atom. The van der Waals surface area contributed by atoms with Gasteiger partial charge in [-0.2, -0.15) is 15.3 Å². The fourth-order valence-electron chi connectivity index (χ4n) is 13.2. The van der Waals surface area contributed by atoms with Crippen LogP contribution >= 0.6 is 70.1 Å². The number of amides is 2. The molecule has 113 heavy (non-hydrogen) atoms. The van der Waals surface area contributed by atoms with Gasteiger partial charge < -0.3 is 49.6 Å². The summed E-state index contributed by atoms with van der Waals surface area (Å²) in [5.41, 5.74) is 14.6. The first-order chi connectivity index (χ1) is 53.8. The molecule has 0 radical (unpaired) electrons. The summed E-state index contributed by atoms with van der Waals surface area (Å²) in [5, 5.41) is 34.9. The van der Waals surface area contributed by atoms with Crippen molar-refractivity contribution in [1.82, 2.24) is 43.0 Å². The number of hydrogen-bond donors (Lipinski definition) is 3. The van der Waals surface area contributed by atoms with Crippen molar-refractivity contribution >= 4 is 138 Å². The molecule has 0 spiro atoms. The zero-order chi connectivity index (χ0) is 79.5. The van der Waals surface area contributed by atoms with Gasteiger partial charge in [0.1, 0.15) is 5.82 Å². The molecule has 34 heteroatoms. The Bertz CT molecular complexity index is 5470. The van der Waals surface area contributed by atoms with Gasteiger partial charge in [0.05, 0.1) is 97.6 Å². The molecule has 0 unspecified atom stereocenters. The third-order valence-corrected chi connectivity index (χ3v) is 23.1. The third-order valence-electron chi connectivity index (χ3n) is 18.7. The molecule has 0 aliphatic heterocycles. The Balaban J connectivity index is 0.000000156. The number of rotatable bonds is 29. The zero-order valence-electron chi connectivity index (χ0n) is 60.8. The summed E-state index contributed by atoms with van der Waals surface area (Å²) >= 11 is 21.9. The zero-order valence-corrected chi connectivity index (χ0v) is 67.5. The van der Waals surface area contributed by atoms with Crippen molar-refractivity contribution in [3.05, 3.63) is 212 Å². The van der Waals surface area contributed by atoms with Crippen molar-refractivity contribution in [3.63, 3.8) is 0 Å². The van der Waals surface area contributed by atoms with Crippen LogP contribution in [0.25, 0.3) is 49.8 Å². The van der Waals surface area contributed by atoms with Gasteiger partial charge in [0.2, 0.25) is 11.8 Å². The van der Waals surface area contributed by atoms with Crippen LogP contribution in [-0.2, 0) is 43.5 Å². The van der Waals surface area contributed by atoms with E-state index in [0.717, 1.165) is 97.0 Å². The average Bonchev–Trinajstić information content (AvgIpc) is 1.58. The normalized spacial score (nSPS) is 13.2. The summed E-state index contributed by atoms with van der Waals surface area (Å²) in [7, 11) is 0. The molecular formula is C79H69Cl3F6N11NaO10S3. The first-order valence-electron chi connectivity index (χ1n) is 35.7. The van der Waals surface area contributed by atoms with E-state index in [1.807, 2.05) is 0 Å². The van der Waals surface area contributed by atoms with E-state index in [0.29, 0.717) is 86.8 Å². The van der Waals surface area contributed by atoms with Crippen molar-refractivity contribution in [1.29, 1.82) is 0 Å². The van der Waals surface area contributed by atoms with Gasteiger partial charge in [-0.3, -0.25) is 28.4 Å². The molecule has 3 saturated carbocycles. The molecule has 0 saturated heterocycles. The minimum atomic E-state index is -1.61. The molecule has 5 N–H and O–H groups in total. The molecule has 6 aromatic carbocycles. The number of nitrogens with two attached hydrogens (primary N) is 2. The number of aromatic carboxylic acids is 1. The van der Waals surface area contributed by atoms with Gasteiger partial charge in [-0.05, 0) is 138 Å². The fraction of sp³-hybridized carbons (Fsp3) is 0.278. The standard InChI is InChI=1S/C27H25ClF2N4O3S.C27H24ClF2N3O4S.C25H21ClF2N4O3S.Na/c1-2-37-27(36)17-5-3-6-20(22(17)29)38-26-18-10-11-19(28)23(30)25(18)34(24(26)15-8-9-15)16-13-32-33(14-16)12-4-7-21(31)35;1-2-37-27(36)17-5-3-6-20(22(17)29)38-26-18-10-11-19(28)23(30)25(18)33(24(26)15-8-9-15)16-13-31-32(14-16)12-4-7-21(34)35;26-17-9-8-16-23(21(17)28)32(14-11-30-31(12-14)10-2-5-19(29)33)22(13-6-7-13)24(16)36-18-4-1-3-15(20(18)27)25(34)35;/h3,5-6,10-11,13-15H,2,4,7-9,12H2,1H3,(H2,31,35);3,5-6,10-11,13-15H,2,4,7-9,12H2,1H3,(H,34,35);1,3-4,8-9,11-13H,2,5-7,10H2,(H2,29,33)(H,34,35);/q;;;+1/p-1. The van der Waals surface area contributed by atoms with E-state index in [-0.39, 0.29) is 143 Å². The molecule has 0 bridgehead atoms. The largest absolute Gasteiger partial charge is 1.00 e. The quantitative estimate of drug-likeness (QED) is 0.0223. The third kappa shape index (κ3) is 18.2. The number of benzene rings is 6. The van der Waals surface area contributed by atoms with E-state index < -0.39 is 70.3 Å². The molecule has 2 amide bonds. The Morgan fingerprint density at radius 2 is 0.770 bits per heavy atom. The van der Waals surface area contributed by atoms with E-state index in [1.165, 1.54) is 42.5 Å². The van der Waals surface area contributed by atoms with E-state index in [9.17, 15) is 33.9 Å². The van der Waals surface area contributed by atoms with Gasteiger partial charge in [0, 0.05) is 143 Å². The average molecular weight is 1670 g/mol. The fourth-order valence-corrected chi connectivity index (χ4v) is 17.3. The van der Waals surface area contributed by atoms with Crippen molar-refractivity contribution in [2.45, 2.75) is 158 Å². The maximum absolute atomic E-state index is 15.6. The molecule has 3 aliphatic carbocycles. The number of halogens is 9. The van der Waals surface area contributed by atoms with E-state index >= 15 is 26.3 Å². The van der Waals surface area contributed by atoms with E-state index in [2.05, 4.69) is 15.3 Å². The first-order valence-corrected chi connectivity index (χ1v) is 39.3. The van der Waals surface area contributed by atoms with Crippen LogP contribution in [0.15, 0.2) is 158 Å². The molecule has 21 nitrogen and oxygen atoms in total. The van der Waals surface area contributed by atoms with Gasteiger partial charge in [-0.1, -0.05) is 94.4 Å². The molecule has 15 rings (SSSR count). The van der Waals surface area contributed by atoms with Gasteiger partial charge in [0.25, 0.3) is 0 Å². The van der Waals surface area contributed by atoms with Crippen molar-refractivity contribution in [2.24, 2.45) is 11.5 Å². The number of primary amides is 2. The number of carbonyl (C=O) groups is 6. The number of carbonyl (C=O) groups excluding carboxylic acids is 5. The van der Waals surface area contributed by atoms with Crippen LogP contribution in [0.5, 0.6) is 0 Å². The second kappa shape index (κ2) is 36.2. The molecule has 6 heterocycles. The maximum atomic E-state index is 15.6. The van der Waals surface area contributed by atoms with Gasteiger partial charge >= 0.3 is 47.5 Å². The number of esters is 2. The number of aliphatic carboxylic acids is 1. The van der Waals surface area contributed by atoms with Crippen LogP contribution in [0.1, 0.15) is 157 Å². The minimum Gasteiger partial charge on any atom is -0.545 e. The number of fused-ring (bicyclic) bond motifs is 3. The number of aromatic nitrogens is 9. The Hall–Kier alpha value is -9.11. The Morgan fingerprint density at radius 3 is 1.05 bits per heavy atom. The number of hydrogen-bond acceptors (Lipinski definition) is 15. The predicted molar refractivity (Wildman–Crippen MR) is 410 cm³/mol. The molecular weight excluding hydrogens is 1600 g/mol. The van der Waals surface area contributed by atoms with Crippen LogP contribution in [0.4, 0.5) is 26.3 Å². The first kappa shape index (κ1) is 83.3. The molecule has 12 aromatic rings. The van der Waals surface area contributed by atoms with Gasteiger partial charge in [0.15, 0.2) is 29.1 Å². The molecule has 6 aromatic heterocycles. The second-order valence-electron chi connectivity index (χ2n) is 26.7. The number of ether oxygens (including phenoxy) is 2. The monoisotopic (exact) mass is 1670 g/mol. The van der Waals surface area contributed by atoms with Gasteiger partial charge in [-0.15, -0.1) is 0 Å². The van der Waals surface area contributed by atoms with Crippen LogP contribution < -0.4 is 46.1 Å². The van der Waals surface area contributed by atoms with E-state index in [4.69, 9.17) is 60.9 Å². The summed E-state index contributed by atoms with van der Waals surface area (Å²) < 4.78 is 113. The predicted octanol–water partition coefficient (Wildman–Crippen LogP) is 14.5. The topological polar surface area (TPSA) is 284 Å². The van der Waals surface area contributed by atoms with Crippen molar-refractivity contribution in [2.75, 3.05) is 13.2 Å². The number of carboxylic acid groups (broad SMARTS) is 2. The summed E-state index contributed by atoms with van der Waals surface area (Å²) in [6.45, 7) is 4.87. The smallest absolute Gasteiger partial charge is 0.545 e. The van der Waals surface area contributed by atoms with Gasteiger partial charge in [-0.25, -0.2) is 35.9 Å². The Kier molecular flexibility index (Phi) is 26.7.